The summed E-state index contributed by atoms with van der Waals surface area (Å²) in [6.45, 7) is 10.8. The van der Waals surface area contributed by atoms with Crippen molar-refractivity contribution in [1.29, 1.82) is 0 Å². The highest BCUT2D eigenvalue weighted by molar-refractivity contribution is 14.0. The molecule has 2 heterocycles. The van der Waals surface area contributed by atoms with Gasteiger partial charge in [0, 0.05) is 31.6 Å². The fourth-order valence-corrected chi connectivity index (χ4v) is 3.84. The van der Waals surface area contributed by atoms with E-state index in [-0.39, 0.29) is 24.0 Å². The van der Waals surface area contributed by atoms with Crippen LogP contribution in [0.15, 0.2) is 15.6 Å². The standard InChI is InChI=1S/C21H39N5O.HI/c1-5-18(6-2)20-15-19(27-25-20)16-24-21(22-4)23-12-8-10-14-26-13-9-7-11-17(26)3;/h15,17-18H,5-14,16H2,1-4H3,(H2,22,23,24);1H. The van der Waals surface area contributed by atoms with Crippen molar-refractivity contribution in [2.24, 2.45) is 4.99 Å². The van der Waals surface area contributed by atoms with E-state index in [0.717, 1.165) is 49.3 Å². The SMILES string of the molecule is CCC(CC)c1cc(CNC(=NC)NCCCCN2CCCCC2C)on1.I. The maximum Gasteiger partial charge on any atom is 0.191 e. The Balaban J connectivity index is 0.00000392. The monoisotopic (exact) mass is 505 g/mol. The molecule has 7 heteroatoms. The smallest absolute Gasteiger partial charge is 0.191 e. The molecule has 0 amide bonds. The molecule has 28 heavy (non-hydrogen) atoms. The highest BCUT2D eigenvalue weighted by Crippen LogP contribution is 2.22. The molecule has 0 spiro atoms. The molecule has 1 fully saturated rings. The van der Waals surface area contributed by atoms with Gasteiger partial charge in [-0.3, -0.25) is 4.99 Å². The first kappa shape index (κ1) is 25.2. The normalized spacial score (nSPS) is 18.2. The molecule has 1 saturated heterocycles. The Morgan fingerprint density at radius 2 is 2.07 bits per heavy atom. The van der Waals surface area contributed by atoms with Crippen molar-refractivity contribution in [1.82, 2.24) is 20.7 Å². The maximum absolute atomic E-state index is 5.46. The lowest BCUT2D eigenvalue weighted by Crippen LogP contribution is -2.39. The second kappa shape index (κ2) is 14.2. The van der Waals surface area contributed by atoms with Gasteiger partial charge in [0.2, 0.25) is 0 Å². The lowest BCUT2D eigenvalue weighted by Gasteiger charge is -2.33. The van der Waals surface area contributed by atoms with Crippen LogP contribution in [0.1, 0.15) is 83.1 Å². The fraction of sp³-hybridized carbons (Fsp3) is 0.810. The van der Waals surface area contributed by atoms with E-state index in [4.69, 9.17) is 4.52 Å². The molecule has 0 aromatic carbocycles. The van der Waals surface area contributed by atoms with E-state index in [1.165, 1.54) is 38.8 Å². The van der Waals surface area contributed by atoms with Gasteiger partial charge in [0.25, 0.3) is 0 Å². The zero-order chi connectivity index (χ0) is 19.5. The summed E-state index contributed by atoms with van der Waals surface area (Å²) in [5.41, 5.74) is 1.06. The molecule has 0 saturated carbocycles. The molecule has 2 N–H and O–H groups in total. The van der Waals surface area contributed by atoms with Crippen LogP contribution in [0.5, 0.6) is 0 Å². The van der Waals surface area contributed by atoms with E-state index in [9.17, 15) is 0 Å². The van der Waals surface area contributed by atoms with E-state index in [1.54, 1.807) is 7.05 Å². The molecule has 6 nitrogen and oxygen atoms in total. The molecule has 0 aliphatic carbocycles. The molecule has 1 aliphatic rings. The van der Waals surface area contributed by atoms with Crippen molar-refractivity contribution in [3.8, 4) is 0 Å². The lowest BCUT2D eigenvalue weighted by molar-refractivity contribution is 0.158. The Morgan fingerprint density at radius 3 is 2.75 bits per heavy atom. The van der Waals surface area contributed by atoms with Crippen LogP contribution in [0.2, 0.25) is 0 Å². The first-order chi connectivity index (χ1) is 13.2. The zero-order valence-electron chi connectivity index (χ0n) is 18.2. The third-order valence-electron chi connectivity index (χ3n) is 5.74. The first-order valence-electron chi connectivity index (χ1n) is 10.8. The summed E-state index contributed by atoms with van der Waals surface area (Å²) in [5, 5.41) is 10.9. The van der Waals surface area contributed by atoms with E-state index in [0.29, 0.717) is 12.5 Å². The Labute approximate surface area is 188 Å². The average Bonchev–Trinajstić information content (AvgIpc) is 3.15. The van der Waals surface area contributed by atoms with Crippen LogP contribution in [-0.2, 0) is 6.54 Å². The number of piperidine rings is 1. The number of nitrogens with zero attached hydrogens (tertiary/aromatic N) is 3. The van der Waals surface area contributed by atoms with Crippen molar-refractivity contribution in [2.75, 3.05) is 26.7 Å². The maximum atomic E-state index is 5.46. The van der Waals surface area contributed by atoms with Crippen molar-refractivity contribution < 1.29 is 4.52 Å². The van der Waals surface area contributed by atoms with Gasteiger partial charge >= 0.3 is 0 Å². The molecular formula is C21H40IN5O. The number of halogens is 1. The van der Waals surface area contributed by atoms with Crippen molar-refractivity contribution in [2.45, 2.75) is 84.2 Å². The average molecular weight is 505 g/mol. The Hall–Kier alpha value is -0.830. The number of nitrogens with one attached hydrogen (secondary N) is 2. The third-order valence-corrected chi connectivity index (χ3v) is 5.74. The molecule has 162 valence electrons. The van der Waals surface area contributed by atoms with E-state index in [1.807, 2.05) is 0 Å². The quantitative estimate of drug-likeness (QED) is 0.212. The van der Waals surface area contributed by atoms with E-state index >= 15 is 0 Å². The molecule has 1 aromatic rings. The summed E-state index contributed by atoms with van der Waals surface area (Å²) >= 11 is 0. The van der Waals surface area contributed by atoms with Gasteiger partial charge in [-0.2, -0.15) is 0 Å². The summed E-state index contributed by atoms with van der Waals surface area (Å²) in [6.07, 6.45) is 8.69. The van der Waals surface area contributed by atoms with Crippen LogP contribution in [0.25, 0.3) is 0 Å². The number of unbranched alkanes of at least 4 members (excludes halogenated alkanes) is 1. The van der Waals surface area contributed by atoms with Crippen LogP contribution < -0.4 is 10.6 Å². The second-order valence-electron chi connectivity index (χ2n) is 7.67. The molecule has 2 rings (SSSR count). The van der Waals surface area contributed by atoms with E-state index < -0.39 is 0 Å². The van der Waals surface area contributed by atoms with Gasteiger partial charge in [0.05, 0.1) is 12.2 Å². The number of aliphatic imine (C=N–C) groups is 1. The summed E-state index contributed by atoms with van der Waals surface area (Å²) in [6, 6.07) is 2.82. The van der Waals surface area contributed by atoms with Gasteiger partial charge in [0.1, 0.15) is 0 Å². The van der Waals surface area contributed by atoms with Crippen molar-refractivity contribution in [3.05, 3.63) is 17.5 Å². The number of hydrogen-bond acceptors (Lipinski definition) is 4. The minimum Gasteiger partial charge on any atom is -0.359 e. The zero-order valence-corrected chi connectivity index (χ0v) is 20.5. The highest BCUT2D eigenvalue weighted by atomic mass is 127. The van der Waals surface area contributed by atoms with Crippen LogP contribution in [0.3, 0.4) is 0 Å². The summed E-state index contributed by atoms with van der Waals surface area (Å²) in [5.74, 6) is 2.17. The van der Waals surface area contributed by atoms with Gasteiger partial charge in [-0.15, -0.1) is 24.0 Å². The van der Waals surface area contributed by atoms with Crippen molar-refractivity contribution in [3.63, 3.8) is 0 Å². The summed E-state index contributed by atoms with van der Waals surface area (Å²) in [7, 11) is 1.81. The van der Waals surface area contributed by atoms with Crippen LogP contribution in [0.4, 0.5) is 0 Å². The Bertz CT molecular complexity index is 559. The number of aromatic nitrogens is 1. The molecular weight excluding hydrogens is 465 g/mol. The molecule has 0 bridgehead atoms. The Kier molecular flexibility index (Phi) is 12.8. The summed E-state index contributed by atoms with van der Waals surface area (Å²) < 4.78 is 5.46. The van der Waals surface area contributed by atoms with E-state index in [2.05, 4.69) is 52.5 Å². The first-order valence-corrected chi connectivity index (χ1v) is 10.8. The van der Waals surface area contributed by atoms with Gasteiger partial charge in [-0.1, -0.05) is 25.4 Å². The highest BCUT2D eigenvalue weighted by Gasteiger charge is 2.17. The van der Waals surface area contributed by atoms with Crippen LogP contribution in [-0.4, -0.2) is 48.7 Å². The van der Waals surface area contributed by atoms with Gasteiger partial charge in [-0.25, -0.2) is 0 Å². The molecule has 1 atom stereocenters. The predicted octanol–water partition coefficient (Wildman–Crippen LogP) is 4.52. The van der Waals surface area contributed by atoms with Gasteiger partial charge < -0.3 is 20.1 Å². The van der Waals surface area contributed by atoms with Crippen LogP contribution in [0, 0.1) is 0 Å². The molecule has 1 aromatic heterocycles. The van der Waals surface area contributed by atoms with Crippen LogP contribution >= 0.6 is 24.0 Å². The third kappa shape index (κ3) is 8.27. The minimum atomic E-state index is 0. The predicted molar refractivity (Wildman–Crippen MR) is 128 cm³/mol. The Morgan fingerprint density at radius 1 is 1.29 bits per heavy atom. The fourth-order valence-electron chi connectivity index (χ4n) is 3.84. The van der Waals surface area contributed by atoms with Gasteiger partial charge in [-0.05, 0) is 58.5 Å². The molecule has 1 unspecified atom stereocenters. The second-order valence-corrected chi connectivity index (χ2v) is 7.67. The number of likely N-dealkylation sites (tertiary alicyclic amines) is 1. The number of rotatable bonds is 10. The topological polar surface area (TPSA) is 65.7 Å². The number of guanidine groups is 1. The molecule has 1 aliphatic heterocycles. The largest absolute Gasteiger partial charge is 0.359 e. The lowest BCUT2D eigenvalue weighted by atomic mass is 9.99. The van der Waals surface area contributed by atoms with Crippen molar-refractivity contribution >= 4 is 29.9 Å². The minimum absolute atomic E-state index is 0. The number of hydrogen-bond donors (Lipinski definition) is 2. The molecule has 0 radical (unpaired) electrons. The van der Waals surface area contributed by atoms with Gasteiger partial charge in [0.15, 0.2) is 11.7 Å². The summed E-state index contributed by atoms with van der Waals surface area (Å²) in [4.78, 5) is 6.94.